The summed E-state index contributed by atoms with van der Waals surface area (Å²) < 4.78 is 12.3. The van der Waals surface area contributed by atoms with Gasteiger partial charge in [0.25, 0.3) is 0 Å². The zero-order chi connectivity index (χ0) is 18.0. The number of rotatable bonds is 3. The average molecular weight is 411 g/mol. The first-order chi connectivity index (χ1) is 11.8. The maximum Gasteiger partial charge on any atom is 0.410 e. The van der Waals surface area contributed by atoms with Crippen LogP contribution in [0, 0.1) is 5.92 Å². The number of amides is 1. The fraction of sp³-hybridized carbons (Fsp3) is 0.632. The van der Waals surface area contributed by atoms with Gasteiger partial charge in [-0.25, -0.2) is 4.79 Å². The van der Waals surface area contributed by atoms with Gasteiger partial charge in [-0.15, -0.1) is 0 Å². The highest BCUT2D eigenvalue weighted by Crippen LogP contribution is 2.34. The van der Waals surface area contributed by atoms with Crippen molar-refractivity contribution in [1.29, 1.82) is 0 Å². The number of halogens is 1. The first kappa shape index (κ1) is 18.5. The van der Waals surface area contributed by atoms with Gasteiger partial charge in [-0.2, -0.15) is 0 Å². The van der Waals surface area contributed by atoms with Crippen LogP contribution in [0.1, 0.15) is 45.2 Å². The maximum absolute atomic E-state index is 12.2. The number of likely N-dealkylation sites (tertiary alicyclic amines) is 1. The highest BCUT2D eigenvalue weighted by molar-refractivity contribution is 9.10. The van der Waals surface area contributed by atoms with Crippen molar-refractivity contribution in [1.82, 2.24) is 10.2 Å². The van der Waals surface area contributed by atoms with E-state index in [0.29, 0.717) is 12.0 Å². The van der Waals surface area contributed by atoms with Crippen LogP contribution in [0.5, 0.6) is 5.75 Å². The zero-order valence-electron chi connectivity index (χ0n) is 15.2. The maximum atomic E-state index is 12.2. The molecule has 1 N–H and O–H groups in total. The van der Waals surface area contributed by atoms with E-state index in [1.165, 1.54) is 5.56 Å². The van der Waals surface area contributed by atoms with E-state index in [1.807, 2.05) is 37.8 Å². The molecule has 2 unspecified atom stereocenters. The highest BCUT2D eigenvalue weighted by Gasteiger charge is 2.30. The summed E-state index contributed by atoms with van der Waals surface area (Å²) in [5, 5.41) is 3.68. The third-order valence-electron chi connectivity index (χ3n) is 4.60. The molecule has 6 heteroatoms. The van der Waals surface area contributed by atoms with Gasteiger partial charge in [-0.1, -0.05) is 15.9 Å². The highest BCUT2D eigenvalue weighted by atomic mass is 79.9. The van der Waals surface area contributed by atoms with Crippen LogP contribution in [0.3, 0.4) is 0 Å². The van der Waals surface area contributed by atoms with Gasteiger partial charge in [0.05, 0.1) is 6.61 Å². The van der Waals surface area contributed by atoms with Crippen molar-refractivity contribution in [2.24, 2.45) is 5.92 Å². The molecule has 2 aliphatic heterocycles. The molecule has 1 fully saturated rings. The van der Waals surface area contributed by atoms with Crippen LogP contribution in [0.15, 0.2) is 22.7 Å². The minimum Gasteiger partial charge on any atom is -0.493 e. The first-order valence-electron chi connectivity index (χ1n) is 8.95. The van der Waals surface area contributed by atoms with E-state index in [9.17, 15) is 4.79 Å². The van der Waals surface area contributed by atoms with Crippen molar-refractivity contribution < 1.29 is 14.3 Å². The van der Waals surface area contributed by atoms with Gasteiger partial charge in [-0.05, 0) is 51.3 Å². The Labute approximate surface area is 158 Å². The molecule has 2 heterocycles. The lowest BCUT2D eigenvalue weighted by Gasteiger charge is -2.28. The Morgan fingerprint density at radius 1 is 1.40 bits per heavy atom. The summed E-state index contributed by atoms with van der Waals surface area (Å²) in [6.07, 6.45) is 1.78. The molecule has 3 rings (SSSR count). The van der Waals surface area contributed by atoms with E-state index in [0.717, 1.165) is 49.3 Å². The summed E-state index contributed by atoms with van der Waals surface area (Å²) in [5.41, 5.74) is 0.773. The molecule has 0 bridgehead atoms. The lowest BCUT2D eigenvalue weighted by atomic mass is 9.99. The molecular formula is C19H27BrN2O3. The first-order valence-corrected chi connectivity index (χ1v) is 9.75. The van der Waals surface area contributed by atoms with Crippen molar-refractivity contribution in [3.8, 4) is 5.75 Å². The summed E-state index contributed by atoms with van der Waals surface area (Å²) in [5.74, 6) is 1.43. The van der Waals surface area contributed by atoms with E-state index in [2.05, 4.69) is 27.3 Å². The zero-order valence-corrected chi connectivity index (χ0v) is 16.8. The van der Waals surface area contributed by atoms with Gasteiger partial charge < -0.3 is 19.7 Å². The number of nitrogens with one attached hydrogen (secondary N) is 1. The Bertz CT molecular complexity index is 630. The molecule has 1 saturated heterocycles. The van der Waals surface area contributed by atoms with Crippen LogP contribution in [0.25, 0.3) is 0 Å². The van der Waals surface area contributed by atoms with Crippen LogP contribution in [0.2, 0.25) is 0 Å². The second-order valence-corrected chi connectivity index (χ2v) is 8.78. The Morgan fingerprint density at radius 3 is 2.96 bits per heavy atom. The van der Waals surface area contributed by atoms with Crippen molar-refractivity contribution >= 4 is 22.0 Å². The van der Waals surface area contributed by atoms with Gasteiger partial charge in [-0.3, -0.25) is 0 Å². The number of carbonyl (C=O) groups is 1. The number of carbonyl (C=O) groups excluding carboxylic acids is 1. The van der Waals surface area contributed by atoms with E-state index in [1.54, 1.807) is 0 Å². The Kier molecular flexibility index (Phi) is 5.58. The third-order valence-corrected chi connectivity index (χ3v) is 5.10. The molecule has 5 nitrogen and oxygen atoms in total. The second kappa shape index (κ2) is 7.54. The fourth-order valence-corrected chi connectivity index (χ4v) is 3.76. The lowest BCUT2D eigenvalue weighted by molar-refractivity contribution is 0.0288. The number of hydrogen-bond acceptors (Lipinski definition) is 4. The standard InChI is InChI=1S/C19H27BrN2O3/c1-19(2,3)25-18(23)22-8-6-13(12-22)11-21-16-7-9-24-17-5-4-14(20)10-15(16)17/h4-5,10,13,16,21H,6-9,11-12H2,1-3H3. The van der Waals surface area contributed by atoms with Gasteiger partial charge in [0.2, 0.25) is 0 Å². The van der Waals surface area contributed by atoms with Crippen molar-refractivity contribution in [3.05, 3.63) is 28.2 Å². The monoisotopic (exact) mass is 410 g/mol. The Balaban J connectivity index is 1.52. The summed E-state index contributed by atoms with van der Waals surface area (Å²) in [6.45, 7) is 8.88. The summed E-state index contributed by atoms with van der Waals surface area (Å²) in [7, 11) is 0. The number of nitrogens with zero attached hydrogens (tertiary/aromatic N) is 1. The third kappa shape index (κ3) is 4.88. The molecule has 0 radical (unpaired) electrons. The van der Waals surface area contributed by atoms with E-state index in [-0.39, 0.29) is 6.09 Å². The lowest BCUT2D eigenvalue weighted by Crippen LogP contribution is -2.36. The molecule has 1 aromatic rings. The predicted octanol–water partition coefficient (Wildman–Crippen LogP) is 4.12. The van der Waals surface area contributed by atoms with Gasteiger partial charge in [0.15, 0.2) is 0 Å². The van der Waals surface area contributed by atoms with Crippen molar-refractivity contribution in [2.45, 2.75) is 45.3 Å². The Hall–Kier alpha value is -1.27. The molecule has 0 saturated carbocycles. The summed E-state index contributed by atoms with van der Waals surface area (Å²) in [6, 6.07) is 6.47. The molecule has 1 aromatic carbocycles. The van der Waals surface area contributed by atoms with Gasteiger partial charge >= 0.3 is 6.09 Å². The van der Waals surface area contributed by atoms with Crippen LogP contribution in [-0.2, 0) is 4.74 Å². The topological polar surface area (TPSA) is 50.8 Å². The Morgan fingerprint density at radius 2 is 2.20 bits per heavy atom. The normalized spacial score (nSPS) is 23.1. The van der Waals surface area contributed by atoms with Crippen LogP contribution in [-0.4, -0.2) is 42.8 Å². The van der Waals surface area contributed by atoms with E-state index in [4.69, 9.17) is 9.47 Å². The predicted molar refractivity (Wildman–Crippen MR) is 101 cm³/mol. The van der Waals surface area contributed by atoms with E-state index < -0.39 is 5.60 Å². The number of fused-ring (bicyclic) bond motifs is 1. The number of hydrogen-bond donors (Lipinski definition) is 1. The van der Waals surface area contributed by atoms with Crippen LogP contribution < -0.4 is 10.1 Å². The molecule has 0 aromatic heterocycles. The smallest absolute Gasteiger partial charge is 0.410 e. The van der Waals surface area contributed by atoms with Crippen LogP contribution >= 0.6 is 15.9 Å². The molecule has 2 aliphatic rings. The molecule has 2 atom stereocenters. The molecule has 0 spiro atoms. The van der Waals surface area contributed by atoms with E-state index >= 15 is 0 Å². The average Bonchev–Trinajstić information content (AvgIpc) is 3.00. The summed E-state index contributed by atoms with van der Waals surface area (Å²) >= 11 is 3.54. The molecular weight excluding hydrogens is 384 g/mol. The molecule has 0 aliphatic carbocycles. The quantitative estimate of drug-likeness (QED) is 0.813. The molecule has 25 heavy (non-hydrogen) atoms. The minimum atomic E-state index is -0.438. The van der Waals surface area contributed by atoms with Crippen molar-refractivity contribution in [3.63, 3.8) is 0 Å². The van der Waals surface area contributed by atoms with Crippen molar-refractivity contribution in [2.75, 3.05) is 26.2 Å². The summed E-state index contributed by atoms with van der Waals surface area (Å²) in [4.78, 5) is 14.0. The molecule has 138 valence electrons. The largest absolute Gasteiger partial charge is 0.493 e. The SMILES string of the molecule is CC(C)(C)OC(=O)N1CCC(CNC2CCOc3ccc(Br)cc32)C1. The van der Waals surface area contributed by atoms with Crippen LogP contribution in [0.4, 0.5) is 4.79 Å². The van der Waals surface area contributed by atoms with Gasteiger partial charge in [0, 0.05) is 42.1 Å². The number of benzene rings is 1. The molecule has 1 amide bonds. The van der Waals surface area contributed by atoms with Gasteiger partial charge in [0.1, 0.15) is 11.4 Å². The number of ether oxygens (including phenoxy) is 2. The second-order valence-electron chi connectivity index (χ2n) is 7.86. The minimum absolute atomic E-state index is 0.199. The fourth-order valence-electron chi connectivity index (χ4n) is 3.38.